The number of nitrogens with zero attached hydrogens (tertiary/aromatic N) is 2. The molecule has 0 saturated carbocycles. The quantitative estimate of drug-likeness (QED) is 0.926. The Bertz CT molecular complexity index is 566. The van der Waals surface area contributed by atoms with Gasteiger partial charge in [-0.05, 0) is 38.3 Å². The predicted molar refractivity (Wildman–Crippen MR) is 86.4 cm³/mol. The molecule has 2 aliphatic heterocycles. The third-order valence-electron chi connectivity index (χ3n) is 5.23. The summed E-state index contributed by atoms with van der Waals surface area (Å²) < 4.78 is 13.8. The fraction of sp³-hybridized carbons (Fsp3) is 0.611. The first-order chi connectivity index (χ1) is 11.1. The van der Waals surface area contributed by atoms with Gasteiger partial charge >= 0.3 is 0 Å². The van der Waals surface area contributed by atoms with Crippen LogP contribution in [0.1, 0.15) is 44.3 Å². The minimum atomic E-state index is -0.830. The zero-order valence-electron chi connectivity index (χ0n) is 13.6. The van der Waals surface area contributed by atoms with E-state index in [0.29, 0.717) is 12.1 Å². The smallest absolute Gasteiger partial charge is 0.219 e. The van der Waals surface area contributed by atoms with Crippen molar-refractivity contribution in [2.24, 2.45) is 0 Å². The van der Waals surface area contributed by atoms with E-state index in [4.69, 9.17) is 0 Å². The van der Waals surface area contributed by atoms with Gasteiger partial charge in [0.05, 0.1) is 6.10 Å². The molecule has 2 heterocycles. The zero-order valence-corrected chi connectivity index (χ0v) is 13.6. The van der Waals surface area contributed by atoms with E-state index in [0.717, 1.165) is 38.8 Å². The van der Waals surface area contributed by atoms with Crippen molar-refractivity contribution in [2.45, 2.75) is 50.8 Å². The van der Waals surface area contributed by atoms with Crippen LogP contribution >= 0.6 is 0 Å². The van der Waals surface area contributed by atoms with Crippen molar-refractivity contribution in [2.75, 3.05) is 19.6 Å². The van der Waals surface area contributed by atoms with Crippen molar-refractivity contribution in [3.63, 3.8) is 0 Å². The Labute approximate surface area is 136 Å². The molecule has 1 aromatic rings. The molecule has 23 heavy (non-hydrogen) atoms. The molecule has 3 atom stereocenters. The van der Waals surface area contributed by atoms with E-state index >= 15 is 0 Å². The van der Waals surface area contributed by atoms with Crippen LogP contribution in [0, 0.1) is 5.82 Å². The maximum atomic E-state index is 13.8. The molecule has 3 rings (SSSR count). The van der Waals surface area contributed by atoms with Crippen molar-refractivity contribution >= 4 is 5.91 Å². The van der Waals surface area contributed by atoms with Gasteiger partial charge in [0.2, 0.25) is 5.91 Å². The first-order valence-electron chi connectivity index (χ1n) is 8.51. The number of amides is 1. The number of halogens is 1. The topological polar surface area (TPSA) is 43.8 Å². The molecular formula is C18H25FN2O2. The van der Waals surface area contributed by atoms with E-state index in [1.807, 2.05) is 4.90 Å². The van der Waals surface area contributed by atoms with Gasteiger partial charge in [0.15, 0.2) is 0 Å². The standard InChI is InChI=1S/C18H25FN2O2/c1-13(22)21-11-5-9-17(21)16-8-4-10-20(16)12-18(23)14-6-2-3-7-15(14)19/h2-3,6-7,16-18,23H,4-5,8-12H2,1H3. The second-order valence-electron chi connectivity index (χ2n) is 6.66. The highest BCUT2D eigenvalue weighted by Crippen LogP contribution is 2.31. The third kappa shape index (κ3) is 3.40. The van der Waals surface area contributed by atoms with Crippen LogP contribution in [0.15, 0.2) is 24.3 Å². The number of aliphatic hydroxyl groups is 1. The third-order valence-corrected chi connectivity index (χ3v) is 5.23. The number of benzene rings is 1. The summed E-state index contributed by atoms with van der Waals surface area (Å²) in [7, 11) is 0. The Balaban J connectivity index is 1.70. The fourth-order valence-electron chi connectivity index (χ4n) is 4.16. The molecule has 2 aliphatic rings. The van der Waals surface area contributed by atoms with Crippen LogP contribution in [-0.2, 0) is 4.79 Å². The summed E-state index contributed by atoms with van der Waals surface area (Å²) in [5, 5.41) is 10.4. The molecule has 4 nitrogen and oxygen atoms in total. The molecule has 2 saturated heterocycles. The summed E-state index contributed by atoms with van der Waals surface area (Å²) >= 11 is 0. The summed E-state index contributed by atoms with van der Waals surface area (Å²) in [6.07, 6.45) is 3.35. The number of rotatable bonds is 4. The highest BCUT2D eigenvalue weighted by atomic mass is 19.1. The van der Waals surface area contributed by atoms with Gasteiger partial charge in [-0.25, -0.2) is 4.39 Å². The van der Waals surface area contributed by atoms with Crippen LogP contribution in [0.3, 0.4) is 0 Å². The number of aliphatic hydroxyl groups excluding tert-OH is 1. The molecule has 0 aromatic heterocycles. The van der Waals surface area contributed by atoms with E-state index < -0.39 is 6.10 Å². The first kappa shape index (κ1) is 16.4. The molecule has 5 heteroatoms. The summed E-state index contributed by atoms with van der Waals surface area (Å²) in [6.45, 7) is 3.79. The van der Waals surface area contributed by atoms with Gasteiger partial charge in [-0.15, -0.1) is 0 Å². The molecule has 1 amide bonds. The van der Waals surface area contributed by atoms with Gasteiger partial charge in [0, 0.05) is 37.7 Å². The van der Waals surface area contributed by atoms with Gasteiger partial charge in [-0.1, -0.05) is 18.2 Å². The lowest BCUT2D eigenvalue weighted by Crippen LogP contribution is -2.48. The number of likely N-dealkylation sites (tertiary alicyclic amines) is 2. The van der Waals surface area contributed by atoms with E-state index in [9.17, 15) is 14.3 Å². The second-order valence-corrected chi connectivity index (χ2v) is 6.66. The molecule has 0 aliphatic carbocycles. The average molecular weight is 320 g/mol. The normalized spacial score (nSPS) is 26.7. The molecule has 0 spiro atoms. The lowest BCUT2D eigenvalue weighted by atomic mass is 10.0. The number of carbonyl (C=O) groups excluding carboxylic acids is 1. The minimum absolute atomic E-state index is 0.133. The first-order valence-corrected chi connectivity index (χ1v) is 8.51. The number of β-amino-alcohol motifs (C(OH)–C–C–N with tert-alkyl or cyclic N) is 1. The molecule has 126 valence electrons. The second kappa shape index (κ2) is 6.97. The van der Waals surface area contributed by atoms with Crippen LogP contribution in [0.25, 0.3) is 0 Å². The summed E-state index contributed by atoms with van der Waals surface area (Å²) in [6, 6.07) is 6.92. The number of hydrogen-bond acceptors (Lipinski definition) is 3. The van der Waals surface area contributed by atoms with Gasteiger partial charge in [-0.3, -0.25) is 9.69 Å². The highest BCUT2D eigenvalue weighted by Gasteiger charge is 2.39. The Hall–Kier alpha value is -1.46. The zero-order chi connectivity index (χ0) is 16.4. The Morgan fingerprint density at radius 2 is 1.96 bits per heavy atom. The van der Waals surface area contributed by atoms with Crippen LogP contribution < -0.4 is 0 Å². The summed E-state index contributed by atoms with van der Waals surface area (Å²) in [4.78, 5) is 16.0. The van der Waals surface area contributed by atoms with Crippen LogP contribution in [0.2, 0.25) is 0 Å². The van der Waals surface area contributed by atoms with Gasteiger partial charge < -0.3 is 10.0 Å². The lowest BCUT2D eigenvalue weighted by molar-refractivity contribution is -0.130. The van der Waals surface area contributed by atoms with E-state index in [1.54, 1.807) is 25.1 Å². The van der Waals surface area contributed by atoms with Crippen molar-refractivity contribution in [1.29, 1.82) is 0 Å². The Morgan fingerprint density at radius 3 is 2.70 bits per heavy atom. The minimum Gasteiger partial charge on any atom is -0.387 e. The monoisotopic (exact) mass is 320 g/mol. The predicted octanol–water partition coefficient (Wildman–Crippen LogP) is 2.33. The van der Waals surface area contributed by atoms with Crippen LogP contribution in [0.4, 0.5) is 4.39 Å². The highest BCUT2D eigenvalue weighted by molar-refractivity contribution is 5.74. The Morgan fingerprint density at radius 1 is 1.26 bits per heavy atom. The number of hydrogen-bond donors (Lipinski definition) is 1. The van der Waals surface area contributed by atoms with Crippen LogP contribution in [-0.4, -0.2) is 52.5 Å². The molecule has 0 bridgehead atoms. The van der Waals surface area contributed by atoms with Gasteiger partial charge in [-0.2, -0.15) is 0 Å². The molecule has 0 radical (unpaired) electrons. The largest absolute Gasteiger partial charge is 0.387 e. The van der Waals surface area contributed by atoms with Crippen molar-refractivity contribution in [1.82, 2.24) is 9.80 Å². The van der Waals surface area contributed by atoms with E-state index in [-0.39, 0.29) is 23.8 Å². The average Bonchev–Trinajstić information content (AvgIpc) is 3.15. The maximum absolute atomic E-state index is 13.8. The van der Waals surface area contributed by atoms with Crippen molar-refractivity contribution in [3.05, 3.63) is 35.6 Å². The van der Waals surface area contributed by atoms with E-state index in [2.05, 4.69) is 4.90 Å². The fourth-order valence-corrected chi connectivity index (χ4v) is 4.16. The van der Waals surface area contributed by atoms with Crippen molar-refractivity contribution in [3.8, 4) is 0 Å². The summed E-state index contributed by atoms with van der Waals surface area (Å²) in [5.41, 5.74) is 0.355. The maximum Gasteiger partial charge on any atom is 0.219 e. The van der Waals surface area contributed by atoms with Gasteiger partial charge in [0.25, 0.3) is 0 Å². The van der Waals surface area contributed by atoms with Crippen molar-refractivity contribution < 1.29 is 14.3 Å². The molecular weight excluding hydrogens is 295 g/mol. The molecule has 1 aromatic carbocycles. The number of carbonyl (C=O) groups is 1. The van der Waals surface area contributed by atoms with Gasteiger partial charge in [0.1, 0.15) is 5.82 Å². The Kier molecular flexibility index (Phi) is 4.97. The molecule has 1 N–H and O–H groups in total. The lowest BCUT2D eigenvalue weighted by Gasteiger charge is -2.35. The van der Waals surface area contributed by atoms with Crippen LogP contribution in [0.5, 0.6) is 0 Å². The molecule has 2 fully saturated rings. The summed E-state index contributed by atoms with van der Waals surface area (Å²) in [5.74, 6) is -0.226. The molecule has 3 unspecified atom stereocenters. The van der Waals surface area contributed by atoms with E-state index in [1.165, 1.54) is 6.07 Å². The SMILES string of the molecule is CC(=O)N1CCCC1C1CCCN1CC(O)c1ccccc1F.